The summed E-state index contributed by atoms with van der Waals surface area (Å²) in [5, 5.41) is 12.7. The Morgan fingerprint density at radius 2 is 1.81 bits per heavy atom. The first-order chi connectivity index (χ1) is 13.2. The van der Waals surface area contributed by atoms with Crippen molar-refractivity contribution in [2.45, 2.75) is 19.3 Å². The fourth-order valence-electron chi connectivity index (χ4n) is 2.91. The molecule has 0 spiro atoms. The van der Waals surface area contributed by atoms with E-state index in [-0.39, 0.29) is 12.5 Å². The number of hydrogen-bond acceptors (Lipinski definition) is 5. The predicted molar refractivity (Wildman–Crippen MR) is 105 cm³/mol. The molecular weight excluding hydrogens is 340 g/mol. The summed E-state index contributed by atoms with van der Waals surface area (Å²) in [5.41, 5.74) is 5.14. The van der Waals surface area contributed by atoms with E-state index in [2.05, 4.69) is 27.6 Å². The molecule has 1 aliphatic rings. The SMILES string of the molecule is N#Cc1ccc(OCC(=O)N/N=C\c2ccc(N3CCCCC3)cc2)cc1. The first-order valence-corrected chi connectivity index (χ1v) is 9.04. The van der Waals surface area contributed by atoms with Gasteiger partial charge in [-0.2, -0.15) is 10.4 Å². The predicted octanol–water partition coefficient (Wildman–Crippen LogP) is 3.08. The molecule has 27 heavy (non-hydrogen) atoms. The Morgan fingerprint density at radius 3 is 2.48 bits per heavy atom. The molecule has 1 heterocycles. The molecule has 1 amide bonds. The van der Waals surface area contributed by atoms with E-state index in [1.54, 1.807) is 30.5 Å². The fourth-order valence-corrected chi connectivity index (χ4v) is 2.91. The lowest BCUT2D eigenvalue weighted by molar-refractivity contribution is -0.123. The van der Waals surface area contributed by atoms with E-state index in [0.717, 1.165) is 18.7 Å². The Hall–Kier alpha value is -3.33. The van der Waals surface area contributed by atoms with Gasteiger partial charge >= 0.3 is 0 Å². The lowest BCUT2D eigenvalue weighted by Crippen LogP contribution is -2.29. The molecule has 1 aliphatic heterocycles. The van der Waals surface area contributed by atoms with Gasteiger partial charge in [0, 0.05) is 18.8 Å². The minimum atomic E-state index is -0.347. The number of nitrogens with zero attached hydrogens (tertiary/aromatic N) is 3. The van der Waals surface area contributed by atoms with Crippen molar-refractivity contribution in [3.8, 4) is 11.8 Å². The zero-order valence-corrected chi connectivity index (χ0v) is 15.1. The van der Waals surface area contributed by atoms with Crippen LogP contribution in [0.2, 0.25) is 0 Å². The number of benzene rings is 2. The summed E-state index contributed by atoms with van der Waals surface area (Å²) in [6.07, 6.45) is 5.43. The van der Waals surface area contributed by atoms with Gasteiger partial charge in [-0.3, -0.25) is 4.79 Å². The van der Waals surface area contributed by atoms with E-state index in [1.165, 1.54) is 24.9 Å². The lowest BCUT2D eigenvalue weighted by atomic mass is 10.1. The van der Waals surface area contributed by atoms with Gasteiger partial charge in [0.1, 0.15) is 5.75 Å². The van der Waals surface area contributed by atoms with E-state index in [4.69, 9.17) is 10.00 Å². The Bertz CT molecular complexity index is 817. The number of hydrazone groups is 1. The third kappa shape index (κ3) is 5.58. The number of amides is 1. The van der Waals surface area contributed by atoms with Crippen molar-refractivity contribution < 1.29 is 9.53 Å². The average Bonchev–Trinajstić information content (AvgIpc) is 2.74. The summed E-state index contributed by atoms with van der Waals surface area (Å²) in [5.74, 6) is 0.182. The summed E-state index contributed by atoms with van der Waals surface area (Å²) >= 11 is 0. The van der Waals surface area contributed by atoms with Crippen molar-refractivity contribution in [1.82, 2.24) is 5.43 Å². The summed E-state index contributed by atoms with van der Waals surface area (Å²) in [6, 6.07) is 16.8. The second kappa shape index (κ2) is 9.39. The number of nitrogens with one attached hydrogen (secondary N) is 1. The summed E-state index contributed by atoms with van der Waals surface area (Å²) in [7, 11) is 0. The van der Waals surface area contributed by atoms with Crippen LogP contribution in [0.3, 0.4) is 0 Å². The Labute approximate surface area is 159 Å². The maximum atomic E-state index is 11.8. The van der Waals surface area contributed by atoms with Gasteiger partial charge in [-0.15, -0.1) is 0 Å². The number of carbonyl (C=O) groups is 1. The average molecular weight is 362 g/mol. The number of rotatable bonds is 6. The summed E-state index contributed by atoms with van der Waals surface area (Å²) < 4.78 is 5.35. The topological polar surface area (TPSA) is 77.7 Å². The first kappa shape index (κ1) is 18.5. The molecule has 0 aliphatic carbocycles. The lowest BCUT2D eigenvalue weighted by Gasteiger charge is -2.28. The van der Waals surface area contributed by atoms with Crippen molar-refractivity contribution in [1.29, 1.82) is 5.26 Å². The molecule has 0 atom stereocenters. The summed E-state index contributed by atoms with van der Waals surface area (Å²) in [4.78, 5) is 14.2. The quantitative estimate of drug-likeness (QED) is 0.633. The third-order valence-electron chi connectivity index (χ3n) is 4.37. The minimum Gasteiger partial charge on any atom is -0.484 e. The highest BCUT2D eigenvalue weighted by Crippen LogP contribution is 2.19. The normalized spacial score (nSPS) is 14.0. The molecule has 1 saturated heterocycles. The second-order valence-electron chi connectivity index (χ2n) is 6.36. The number of carbonyl (C=O) groups excluding carboxylic acids is 1. The molecule has 2 aromatic rings. The van der Waals surface area contributed by atoms with Crippen LogP contribution < -0.4 is 15.1 Å². The number of ether oxygens (including phenoxy) is 1. The standard InChI is InChI=1S/C21H22N4O2/c22-14-17-6-10-20(11-7-17)27-16-21(26)24-23-15-18-4-8-19(9-5-18)25-12-2-1-3-13-25/h4-11,15H,1-3,12-13,16H2,(H,24,26)/b23-15-. The van der Waals surface area contributed by atoms with Crippen LogP contribution in [-0.4, -0.2) is 31.8 Å². The van der Waals surface area contributed by atoms with Crippen LogP contribution in [-0.2, 0) is 4.79 Å². The molecule has 0 bridgehead atoms. The van der Waals surface area contributed by atoms with Crippen LogP contribution in [0.25, 0.3) is 0 Å². The van der Waals surface area contributed by atoms with Crippen LogP contribution >= 0.6 is 0 Å². The van der Waals surface area contributed by atoms with Crippen LogP contribution in [0.15, 0.2) is 53.6 Å². The molecule has 2 aromatic carbocycles. The van der Waals surface area contributed by atoms with E-state index >= 15 is 0 Å². The Morgan fingerprint density at radius 1 is 1.11 bits per heavy atom. The molecule has 1 N–H and O–H groups in total. The van der Waals surface area contributed by atoms with Gasteiger partial charge < -0.3 is 9.64 Å². The second-order valence-corrected chi connectivity index (χ2v) is 6.36. The molecular formula is C21H22N4O2. The molecule has 0 radical (unpaired) electrons. The van der Waals surface area contributed by atoms with Gasteiger partial charge in [0.15, 0.2) is 6.61 Å². The minimum absolute atomic E-state index is 0.142. The van der Waals surface area contributed by atoms with Gasteiger partial charge in [-0.1, -0.05) is 12.1 Å². The Balaban J connectivity index is 1.43. The maximum absolute atomic E-state index is 11.8. The smallest absolute Gasteiger partial charge is 0.277 e. The number of hydrogen-bond donors (Lipinski definition) is 1. The van der Waals surface area contributed by atoms with Crippen molar-refractivity contribution in [2.24, 2.45) is 5.10 Å². The molecule has 0 unspecified atom stereocenters. The fraction of sp³-hybridized carbons (Fsp3) is 0.286. The van der Waals surface area contributed by atoms with Crippen molar-refractivity contribution in [3.05, 3.63) is 59.7 Å². The molecule has 3 rings (SSSR count). The van der Waals surface area contributed by atoms with Crippen molar-refractivity contribution in [3.63, 3.8) is 0 Å². The van der Waals surface area contributed by atoms with Crippen LogP contribution in [0, 0.1) is 11.3 Å². The van der Waals surface area contributed by atoms with E-state index in [9.17, 15) is 4.79 Å². The zero-order chi connectivity index (χ0) is 18.9. The monoisotopic (exact) mass is 362 g/mol. The van der Waals surface area contributed by atoms with E-state index in [1.807, 2.05) is 18.2 Å². The van der Waals surface area contributed by atoms with Crippen LogP contribution in [0.4, 0.5) is 5.69 Å². The van der Waals surface area contributed by atoms with Gasteiger partial charge in [0.25, 0.3) is 5.91 Å². The molecule has 1 fully saturated rings. The highest BCUT2D eigenvalue weighted by Gasteiger charge is 2.10. The molecule has 0 saturated carbocycles. The van der Waals surface area contributed by atoms with Gasteiger partial charge in [-0.05, 0) is 61.2 Å². The molecule has 6 nitrogen and oxygen atoms in total. The molecule has 138 valence electrons. The number of piperidine rings is 1. The largest absolute Gasteiger partial charge is 0.484 e. The van der Waals surface area contributed by atoms with Gasteiger partial charge in [0.2, 0.25) is 0 Å². The first-order valence-electron chi connectivity index (χ1n) is 9.04. The molecule has 0 aromatic heterocycles. The van der Waals surface area contributed by atoms with E-state index < -0.39 is 0 Å². The summed E-state index contributed by atoms with van der Waals surface area (Å²) in [6.45, 7) is 2.09. The van der Waals surface area contributed by atoms with Crippen LogP contribution in [0.5, 0.6) is 5.75 Å². The number of anilines is 1. The van der Waals surface area contributed by atoms with Crippen LogP contribution in [0.1, 0.15) is 30.4 Å². The van der Waals surface area contributed by atoms with Crippen molar-refractivity contribution >= 4 is 17.8 Å². The third-order valence-corrected chi connectivity index (χ3v) is 4.37. The van der Waals surface area contributed by atoms with Gasteiger partial charge in [0.05, 0.1) is 17.8 Å². The Kier molecular flexibility index (Phi) is 6.42. The van der Waals surface area contributed by atoms with E-state index in [0.29, 0.717) is 11.3 Å². The van der Waals surface area contributed by atoms with Gasteiger partial charge in [-0.25, -0.2) is 5.43 Å². The highest BCUT2D eigenvalue weighted by molar-refractivity contribution is 5.83. The molecule has 6 heteroatoms. The zero-order valence-electron chi connectivity index (χ0n) is 15.1. The van der Waals surface area contributed by atoms with Crippen molar-refractivity contribution in [2.75, 3.05) is 24.6 Å². The number of nitriles is 1. The maximum Gasteiger partial charge on any atom is 0.277 e. The highest BCUT2D eigenvalue weighted by atomic mass is 16.5.